The molecule has 1 unspecified atom stereocenters. The van der Waals surface area contributed by atoms with Gasteiger partial charge in [0.25, 0.3) is 5.56 Å². The summed E-state index contributed by atoms with van der Waals surface area (Å²) in [6, 6.07) is 7.77. The molecule has 0 bridgehead atoms. The molecule has 1 N–H and O–H groups in total. The van der Waals surface area contributed by atoms with Crippen LogP contribution in [0.4, 0.5) is 10.7 Å². The van der Waals surface area contributed by atoms with Crippen LogP contribution in [0.15, 0.2) is 35.3 Å². The number of amides is 1. The van der Waals surface area contributed by atoms with Crippen LogP contribution in [0.25, 0.3) is 22.2 Å². The largest absolute Gasteiger partial charge is 0.493 e. The zero-order valence-corrected chi connectivity index (χ0v) is 23.5. The summed E-state index contributed by atoms with van der Waals surface area (Å²) in [5, 5.41) is 0.953. The van der Waals surface area contributed by atoms with Crippen molar-refractivity contribution >= 4 is 22.9 Å². The molecule has 0 aliphatic carbocycles. The van der Waals surface area contributed by atoms with Crippen molar-refractivity contribution in [3.05, 3.63) is 40.8 Å². The molecule has 0 saturated carbocycles. The topological polar surface area (TPSA) is 92.7 Å². The number of fused-ring (bicyclic) bond motifs is 2. The Morgan fingerprint density at radius 2 is 2.00 bits per heavy atom. The van der Waals surface area contributed by atoms with E-state index in [1.165, 1.54) is 0 Å². The van der Waals surface area contributed by atoms with Crippen LogP contribution < -0.4 is 15.2 Å². The number of nitrogens with one attached hydrogen (secondary N) is 1. The fraction of sp³-hybridized carbons (Fsp3) is 0.552. The molecule has 4 heterocycles. The fourth-order valence-electron chi connectivity index (χ4n) is 5.70. The minimum Gasteiger partial charge on any atom is -0.493 e. The molecular formula is C29H39N5O4. The standard InChI is InChI=1S/C29H39N5O4/c1-18(2)34-26-31-24(13-25(35)33(26)17-29(34,6)7)22-14-30-23-9-8-20(12-21(22)23)37-16-19-10-11-32(15-19)27(36)38-28(3,4)5/h8-9,12-14,18-19,30H,10-11,15-17H2,1-7H3. The lowest BCUT2D eigenvalue weighted by Crippen LogP contribution is -2.45. The molecule has 2 aliphatic heterocycles. The SMILES string of the molecule is CC(C)N1c2nc(-c3c[nH]c4ccc(OCC5CCN(C(=O)OC(C)(C)C)C5)cc34)cc(=O)n2CC1(C)C. The number of nitrogens with zero attached hydrogens (tertiary/aromatic N) is 4. The fourth-order valence-corrected chi connectivity index (χ4v) is 5.70. The second kappa shape index (κ2) is 9.36. The second-order valence-electron chi connectivity index (χ2n) is 12.4. The number of benzene rings is 1. The van der Waals surface area contributed by atoms with Gasteiger partial charge in [0, 0.05) is 53.8 Å². The maximum atomic E-state index is 13.1. The predicted octanol–water partition coefficient (Wildman–Crippen LogP) is 5.03. The lowest BCUT2D eigenvalue weighted by atomic mass is 10.0. The third-order valence-corrected chi connectivity index (χ3v) is 7.27. The van der Waals surface area contributed by atoms with Gasteiger partial charge in [-0.1, -0.05) is 0 Å². The molecule has 9 nitrogen and oxygen atoms in total. The van der Waals surface area contributed by atoms with Gasteiger partial charge in [0.05, 0.1) is 24.4 Å². The summed E-state index contributed by atoms with van der Waals surface area (Å²) in [6.45, 7) is 16.6. The van der Waals surface area contributed by atoms with Crippen molar-refractivity contribution in [3.63, 3.8) is 0 Å². The van der Waals surface area contributed by atoms with Crippen LogP contribution in [0, 0.1) is 5.92 Å². The average molecular weight is 522 g/mol. The van der Waals surface area contributed by atoms with Gasteiger partial charge in [0.15, 0.2) is 0 Å². The van der Waals surface area contributed by atoms with Crippen LogP contribution in [-0.2, 0) is 11.3 Å². The molecule has 38 heavy (non-hydrogen) atoms. The predicted molar refractivity (Wildman–Crippen MR) is 149 cm³/mol. The molecule has 1 fully saturated rings. The van der Waals surface area contributed by atoms with E-state index in [1.807, 2.05) is 45.2 Å². The van der Waals surface area contributed by atoms with E-state index in [1.54, 1.807) is 15.5 Å². The number of rotatable bonds is 5. The first-order chi connectivity index (χ1) is 17.8. The summed E-state index contributed by atoms with van der Waals surface area (Å²) < 4.78 is 13.5. The molecule has 1 aromatic carbocycles. The highest BCUT2D eigenvalue weighted by Gasteiger charge is 2.39. The summed E-state index contributed by atoms with van der Waals surface area (Å²) in [4.78, 5) is 37.8. The normalized spacial score (nSPS) is 18.9. The van der Waals surface area contributed by atoms with E-state index in [0.717, 1.165) is 28.6 Å². The number of aromatic nitrogens is 3. The Bertz CT molecular complexity index is 1410. The van der Waals surface area contributed by atoms with Crippen molar-refractivity contribution in [2.45, 2.75) is 78.6 Å². The number of aromatic amines is 1. The number of carbonyl (C=O) groups excluding carboxylic acids is 1. The first kappa shape index (κ1) is 26.1. The first-order valence-corrected chi connectivity index (χ1v) is 13.5. The summed E-state index contributed by atoms with van der Waals surface area (Å²) in [5.41, 5.74) is 1.74. The Morgan fingerprint density at radius 3 is 2.71 bits per heavy atom. The van der Waals surface area contributed by atoms with Gasteiger partial charge in [-0.25, -0.2) is 9.78 Å². The van der Waals surface area contributed by atoms with E-state index in [9.17, 15) is 9.59 Å². The monoisotopic (exact) mass is 521 g/mol. The number of likely N-dealkylation sites (tertiary alicyclic amines) is 1. The lowest BCUT2D eigenvalue weighted by Gasteiger charge is -2.35. The number of hydrogen-bond acceptors (Lipinski definition) is 6. The molecule has 2 aromatic heterocycles. The van der Waals surface area contributed by atoms with Crippen molar-refractivity contribution < 1.29 is 14.3 Å². The number of hydrogen-bond donors (Lipinski definition) is 1. The molecule has 1 saturated heterocycles. The van der Waals surface area contributed by atoms with E-state index in [0.29, 0.717) is 37.9 Å². The van der Waals surface area contributed by atoms with Crippen LogP contribution in [0.5, 0.6) is 5.75 Å². The summed E-state index contributed by atoms with van der Waals surface area (Å²) in [5.74, 6) is 1.70. The van der Waals surface area contributed by atoms with Crippen LogP contribution in [0.2, 0.25) is 0 Å². The Balaban J connectivity index is 1.35. The third-order valence-electron chi connectivity index (χ3n) is 7.27. The van der Waals surface area contributed by atoms with E-state index < -0.39 is 5.60 Å². The maximum absolute atomic E-state index is 13.1. The Hall–Kier alpha value is -3.49. The Morgan fingerprint density at radius 1 is 1.24 bits per heavy atom. The van der Waals surface area contributed by atoms with E-state index >= 15 is 0 Å². The van der Waals surface area contributed by atoms with Crippen molar-refractivity contribution in [1.82, 2.24) is 19.4 Å². The van der Waals surface area contributed by atoms with Gasteiger partial charge in [-0.2, -0.15) is 0 Å². The van der Waals surface area contributed by atoms with Crippen molar-refractivity contribution in [3.8, 4) is 17.0 Å². The number of carbonyl (C=O) groups is 1. The number of anilines is 1. The molecule has 2 aliphatic rings. The van der Waals surface area contributed by atoms with Crippen LogP contribution in [0.3, 0.4) is 0 Å². The van der Waals surface area contributed by atoms with Gasteiger partial charge in [0.2, 0.25) is 5.95 Å². The minimum atomic E-state index is -0.502. The smallest absolute Gasteiger partial charge is 0.410 e. The quantitative estimate of drug-likeness (QED) is 0.506. The molecule has 1 atom stereocenters. The summed E-state index contributed by atoms with van der Waals surface area (Å²) >= 11 is 0. The number of ether oxygens (including phenoxy) is 2. The van der Waals surface area contributed by atoms with Crippen LogP contribution in [0.1, 0.15) is 54.9 Å². The van der Waals surface area contributed by atoms with E-state index in [4.69, 9.17) is 14.5 Å². The van der Waals surface area contributed by atoms with Gasteiger partial charge in [-0.3, -0.25) is 9.36 Å². The van der Waals surface area contributed by atoms with Crippen molar-refractivity contribution in [2.24, 2.45) is 5.92 Å². The highest BCUT2D eigenvalue weighted by Crippen LogP contribution is 2.36. The first-order valence-electron chi connectivity index (χ1n) is 13.5. The summed E-state index contributed by atoms with van der Waals surface area (Å²) in [7, 11) is 0. The highest BCUT2D eigenvalue weighted by molar-refractivity contribution is 5.95. The van der Waals surface area contributed by atoms with Gasteiger partial charge in [-0.15, -0.1) is 0 Å². The Kier molecular flexibility index (Phi) is 6.44. The van der Waals surface area contributed by atoms with Crippen molar-refractivity contribution in [2.75, 3.05) is 24.6 Å². The zero-order chi connectivity index (χ0) is 27.4. The highest BCUT2D eigenvalue weighted by atomic mass is 16.6. The van der Waals surface area contributed by atoms with Gasteiger partial charge in [-0.05, 0) is 73.1 Å². The van der Waals surface area contributed by atoms with Gasteiger partial charge < -0.3 is 24.3 Å². The molecule has 3 aromatic rings. The van der Waals surface area contributed by atoms with E-state index in [-0.39, 0.29) is 29.2 Å². The molecule has 9 heteroatoms. The molecular weight excluding hydrogens is 482 g/mol. The second-order valence-corrected chi connectivity index (χ2v) is 12.4. The summed E-state index contributed by atoms with van der Waals surface area (Å²) in [6.07, 6.45) is 2.52. The third kappa shape index (κ3) is 4.98. The van der Waals surface area contributed by atoms with E-state index in [2.05, 4.69) is 37.6 Å². The molecule has 0 spiro atoms. The minimum absolute atomic E-state index is 0.0428. The van der Waals surface area contributed by atoms with Crippen molar-refractivity contribution in [1.29, 1.82) is 0 Å². The van der Waals surface area contributed by atoms with Crippen LogP contribution in [-0.4, -0.2) is 62.4 Å². The molecule has 204 valence electrons. The molecule has 5 rings (SSSR count). The lowest BCUT2D eigenvalue weighted by molar-refractivity contribution is 0.0285. The Labute approximate surface area is 223 Å². The molecule has 1 amide bonds. The van der Waals surface area contributed by atoms with Gasteiger partial charge >= 0.3 is 6.09 Å². The number of H-pyrrole nitrogens is 1. The average Bonchev–Trinajstić information content (AvgIpc) is 3.51. The zero-order valence-electron chi connectivity index (χ0n) is 23.5. The van der Waals surface area contributed by atoms with Crippen LogP contribution >= 0.6 is 0 Å². The molecule has 0 radical (unpaired) electrons. The maximum Gasteiger partial charge on any atom is 0.410 e. The van der Waals surface area contributed by atoms with Gasteiger partial charge in [0.1, 0.15) is 11.4 Å².